The molecule has 150 valence electrons. The summed E-state index contributed by atoms with van der Waals surface area (Å²) < 4.78 is 5.74. The van der Waals surface area contributed by atoms with Crippen molar-refractivity contribution < 1.29 is 9.53 Å². The Morgan fingerprint density at radius 1 is 1.04 bits per heavy atom. The van der Waals surface area contributed by atoms with E-state index in [0.717, 1.165) is 17.9 Å². The highest BCUT2D eigenvalue weighted by molar-refractivity contribution is 7.80. The number of nitrogens with one attached hydrogen (secondary N) is 2. The quantitative estimate of drug-likeness (QED) is 0.347. The number of amides is 1. The van der Waals surface area contributed by atoms with Gasteiger partial charge in [0.15, 0.2) is 5.11 Å². The summed E-state index contributed by atoms with van der Waals surface area (Å²) in [5, 5.41) is 6.48. The maximum atomic E-state index is 12.3. The largest absolute Gasteiger partial charge is 0.494 e. The van der Waals surface area contributed by atoms with Crippen LogP contribution in [0.1, 0.15) is 49.4 Å². The van der Waals surface area contributed by atoms with Gasteiger partial charge >= 0.3 is 0 Å². The van der Waals surface area contributed by atoms with Crippen molar-refractivity contribution in [3.8, 4) is 5.75 Å². The molecule has 2 N–H and O–H groups in total. The molecule has 0 atom stereocenters. The van der Waals surface area contributed by atoms with Crippen molar-refractivity contribution in [2.45, 2.75) is 39.0 Å². The molecule has 1 amide bonds. The van der Waals surface area contributed by atoms with Gasteiger partial charge in [0.2, 0.25) is 0 Å². The number of carbonyl (C=O) groups excluding carboxylic acids is 1. The van der Waals surface area contributed by atoms with E-state index in [0.29, 0.717) is 17.2 Å². The van der Waals surface area contributed by atoms with Crippen LogP contribution in [0.25, 0.3) is 0 Å². The number of hydrogen-bond donors (Lipinski definition) is 2. The molecular formula is C21H24Cl2N2O2S. The smallest absolute Gasteiger partial charge is 0.258 e. The fraction of sp³-hybridized carbons (Fsp3) is 0.333. The minimum absolute atomic E-state index is 0.181. The van der Waals surface area contributed by atoms with Crippen molar-refractivity contribution >= 4 is 52.1 Å². The van der Waals surface area contributed by atoms with Crippen molar-refractivity contribution in [1.82, 2.24) is 5.32 Å². The standard InChI is InChI=1S/C21H24Cl2N2O2S/c1-2-3-4-5-6-13-27-17-10-8-16(9-11-17)24-21(28)25-20(26)18-12-7-15(22)14-19(18)23/h7-12,14H,2-6,13H2,1H3,(H2,24,25,26,28). The van der Waals surface area contributed by atoms with E-state index in [2.05, 4.69) is 17.6 Å². The first-order valence-corrected chi connectivity index (χ1v) is 10.5. The predicted octanol–water partition coefficient (Wildman–Crippen LogP) is 6.47. The van der Waals surface area contributed by atoms with Gasteiger partial charge in [0.05, 0.1) is 17.2 Å². The topological polar surface area (TPSA) is 50.4 Å². The third-order valence-corrected chi connectivity index (χ3v) is 4.78. The summed E-state index contributed by atoms with van der Waals surface area (Å²) in [7, 11) is 0. The molecule has 0 aliphatic rings. The summed E-state index contributed by atoms with van der Waals surface area (Å²) in [4.78, 5) is 12.3. The highest BCUT2D eigenvalue weighted by Gasteiger charge is 2.12. The van der Waals surface area contributed by atoms with E-state index in [1.54, 1.807) is 12.1 Å². The zero-order valence-electron chi connectivity index (χ0n) is 15.8. The van der Waals surface area contributed by atoms with Crippen molar-refractivity contribution in [3.05, 3.63) is 58.1 Å². The second kappa shape index (κ2) is 11.9. The molecule has 2 aromatic carbocycles. The van der Waals surface area contributed by atoms with Crippen LogP contribution in [-0.4, -0.2) is 17.6 Å². The molecule has 4 nitrogen and oxygen atoms in total. The van der Waals surface area contributed by atoms with Gasteiger partial charge in [0, 0.05) is 10.7 Å². The van der Waals surface area contributed by atoms with Gasteiger partial charge in [0.1, 0.15) is 5.75 Å². The molecule has 0 unspecified atom stereocenters. The van der Waals surface area contributed by atoms with E-state index in [-0.39, 0.29) is 10.1 Å². The minimum atomic E-state index is -0.401. The Balaban J connectivity index is 1.78. The summed E-state index contributed by atoms with van der Waals surface area (Å²) in [5.74, 6) is 0.408. The first-order chi connectivity index (χ1) is 13.5. The minimum Gasteiger partial charge on any atom is -0.494 e. The van der Waals surface area contributed by atoms with Crippen LogP contribution < -0.4 is 15.4 Å². The summed E-state index contributed by atoms with van der Waals surface area (Å²) >= 11 is 17.1. The van der Waals surface area contributed by atoms with Crippen LogP contribution >= 0.6 is 35.4 Å². The summed E-state index contributed by atoms with van der Waals surface area (Å²) in [6.45, 7) is 2.92. The number of carbonyl (C=O) groups is 1. The SMILES string of the molecule is CCCCCCCOc1ccc(NC(=S)NC(=O)c2ccc(Cl)cc2Cl)cc1. The lowest BCUT2D eigenvalue weighted by Gasteiger charge is -2.11. The van der Waals surface area contributed by atoms with Crippen LogP contribution in [0.4, 0.5) is 5.69 Å². The third-order valence-electron chi connectivity index (χ3n) is 4.03. The first-order valence-electron chi connectivity index (χ1n) is 9.30. The Hall–Kier alpha value is -1.82. The second-order valence-electron chi connectivity index (χ2n) is 6.32. The third kappa shape index (κ3) is 7.66. The van der Waals surface area contributed by atoms with E-state index >= 15 is 0 Å². The number of thiocarbonyl (C=S) groups is 1. The molecule has 0 bridgehead atoms. The average molecular weight is 439 g/mol. The summed E-state index contributed by atoms with van der Waals surface area (Å²) in [5.41, 5.74) is 1.06. The number of ether oxygens (including phenoxy) is 1. The Morgan fingerprint density at radius 3 is 2.43 bits per heavy atom. The number of anilines is 1. The number of halogens is 2. The van der Waals surface area contributed by atoms with Gasteiger partial charge in [-0.25, -0.2) is 0 Å². The van der Waals surface area contributed by atoms with Crippen molar-refractivity contribution in [3.63, 3.8) is 0 Å². The van der Waals surface area contributed by atoms with Gasteiger partial charge in [-0.05, 0) is 61.1 Å². The van der Waals surface area contributed by atoms with Crippen molar-refractivity contribution in [2.75, 3.05) is 11.9 Å². The molecule has 0 aliphatic carbocycles. The maximum absolute atomic E-state index is 12.3. The van der Waals surface area contributed by atoms with Gasteiger partial charge in [-0.3, -0.25) is 10.1 Å². The van der Waals surface area contributed by atoms with Gasteiger partial charge in [-0.2, -0.15) is 0 Å². The van der Waals surface area contributed by atoms with Gasteiger partial charge in [-0.1, -0.05) is 55.8 Å². The normalized spacial score (nSPS) is 10.4. The summed E-state index contributed by atoms with van der Waals surface area (Å²) in [6.07, 6.45) is 6.03. The zero-order chi connectivity index (χ0) is 20.4. The molecule has 0 saturated heterocycles. The van der Waals surface area contributed by atoms with Crippen LogP contribution in [0.3, 0.4) is 0 Å². The molecule has 0 fully saturated rings. The highest BCUT2D eigenvalue weighted by Crippen LogP contribution is 2.21. The van der Waals surface area contributed by atoms with Gasteiger partial charge < -0.3 is 10.1 Å². The maximum Gasteiger partial charge on any atom is 0.258 e. The van der Waals surface area contributed by atoms with Crippen LogP contribution in [0.15, 0.2) is 42.5 Å². The number of hydrogen-bond acceptors (Lipinski definition) is 3. The highest BCUT2D eigenvalue weighted by atomic mass is 35.5. The van der Waals surface area contributed by atoms with Crippen LogP contribution in [0, 0.1) is 0 Å². The fourth-order valence-corrected chi connectivity index (χ4v) is 3.24. The van der Waals surface area contributed by atoms with E-state index in [4.69, 9.17) is 40.2 Å². The second-order valence-corrected chi connectivity index (χ2v) is 7.57. The molecule has 2 aromatic rings. The summed E-state index contributed by atoms with van der Waals surface area (Å²) in [6, 6.07) is 12.1. The fourth-order valence-electron chi connectivity index (χ4n) is 2.54. The lowest BCUT2D eigenvalue weighted by atomic mass is 10.2. The molecule has 2 rings (SSSR count). The average Bonchev–Trinajstić information content (AvgIpc) is 2.65. The molecule has 0 saturated carbocycles. The van der Waals surface area contributed by atoms with E-state index in [1.807, 2.05) is 24.3 Å². The Morgan fingerprint density at radius 2 is 1.75 bits per heavy atom. The molecule has 0 radical (unpaired) electrons. The number of rotatable bonds is 9. The monoisotopic (exact) mass is 438 g/mol. The Kier molecular flexibility index (Phi) is 9.55. The molecule has 0 aromatic heterocycles. The number of unbranched alkanes of at least 4 members (excludes halogenated alkanes) is 4. The van der Waals surface area contributed by atoms with Crippen LogP contribution in [0.5, 0.6) is 5.75 Å². The van der Waals surface area contributed by atoms with Gasteiger partial charge in [0.25, 0.3) is 5.91 Å². The van der Waals surface area contributed by atoms with E-state index in [9.17, 15) is 4.79 Å². The Bertz CT molecular complexity index is 797. The van der Waals surface area contributed by atoms with E-state index < -0.39 is 5.91 Å². The van der Waals surface area contributed by atoms with Crippen LogP contribution in [0.2, 0.25) is 10.0 Å². The molecule has 7 heteroatoms. The zero-order valence-corrected chi connectivity index (χ0v) is 18.1. The number of benzene rings is 2. The molecule has 0 aliphatic heterocycles. The van der Waals surface area contributed by atoms with Gasteiger partial charge in [-0.15, -0.1) is 0 Å². The Labute approximate surface area is 181 Å². The van der Waals surface area contributed by atoms with Crippen molar-refractivity contribution in [2.24, 2.45) is 0 Å². The lowest BCUT2D eigenvalue weighted by molar-refractivity contribution is 0.0978. The molecule has 0 spiro atoms. The van der Waals surface area contributed by atoms with Crippen molar-refractivity contribution in [1.29, 1.82) is 0 Å². The van der Waals surface area contributed by atoms with E-state index in [1.165, 1.54) is 31.7 Å². The molecule has 28 heavy (non-hydrogen) atoms. The molecule has 0 heterocycles. The first kappa shape index (κ1) is 22.5. The lowest BCUT2D eigenvalue weighted by Crippen LogP contribution is -2.34. The van der Waals surface area contributed by atoms with Crippen LogP contribution in [-0.2, 0) is 0 Å². The molecular weight excluding hydrogens is 415 g/mol. The predicted molar refractivity (Wildman–Crippen MR) is 121 cm³/mol.